The topological polar surface area (TPSA) is 15.3 Å². The van der Waals surface area contributed by atoms with Crippen molar-refractivity contribution in [1.29, 1.82) is 0 Å². The summed E-state index contributed by atoms with van der Waals surface area (Å²) < 4.78 is 0. The molecule has 1 saturated heterocycles. The lowest BCUT2D eigenvalue weighted by molar-refractivity contribution is 0.195. The van der Waals surface area contributed by atoms with Gasteiger partial charge in [-0.05, 0) is 67.6 Å². The van der Waals surface area contributed by atoms with E-state index in [1.807, 2.05) is 11.3 Å². The highest BCUT2D eigenvalue weighted by Gasteiger charge is 2.42. The first-order chi connectivity index (χ1) is 8.26. The van der Waals surface area contributed by atoms with E-state index in [0.29, 0.717) is 5.54 Å². The molecular formula is C14H22N2S. The van der Waals surface area contributed by atoms with E-state index in [1.165, 1.54) is 44.5 Å². The molecule has 1 atom stereocenters. The Morgan fingerprint density at radius 3 is 3.12 bits per heavy atom. The van der Waals surface area contributed by atoms with Crippen LogP contribution in [-0.4, -0.2) is 30.1 Å². The fourth-order valence-electron chi connectivity index (χ4n) is 3.05. The summed E-state index contributed by atoms with van der Waals surface area (Å²) in [5, 5.41) is 8.26. The van der Waals surface area contributed by atoms with Crippen LogP contribution in [0.5, 0.6) is 0 Å². The molecule has 2 fully saturated rings. The summed E-state index contributed by atoms with van der Waals surface area (Å²) in [5.74, 6) is 0.922. The maximum atomic E-state index is 3.79. The predicted molar refractivity (Wildman–Crippen MR) is 73.3 cm³/mol. The Kier molecular flexibility index (Phi) is 3.24. The quantitative estimate of drug-likeness (QED) is 0.887. The Hall–Kier alpha value is -0.380. The maximum absolute atomic E-state index is 3.79. The molecule has 0 bridgehead atoms. The predicted octanol–water partition coefficient (Wildman–Crippen LogP) is 2.71. The van der Waals surface area contributed by atoms with Crippen molar-refractivity contribution >= 4 is 11.3 Å². The molecule has 3 heteroatoms. The van der Waals surface area contributed by atoms with Gasteiger partial charge in [0, 0.05) is 18.6 Å². The molecule has 1 unspecified atom stereocenters. The number of rotatable bonds is 3. The molecule has 1 aliphatic heterocycles. The first-order valence-electron chi connectivity index (χ1n) is 6.75. The average Bonchev–Trinajstić information content (AvgIpc) is 3.07. The molecule has 0 aromatic carbocycles. The molecule has 1 aliphatic carbocycles. The first-order valence-corrected chi connectivity index (χ1v) is 7.69. The first kappa shape index (κ1) is 11.7. The molecule has 1 saturated carbocycles. The second-order valence-corrected chi connectivity index (χ2v) is 6.59. The van der Waals surface area contributed by atoms with E-state index in [-0.39, 0.29) is 0 Å². The minimum Gasteiger partial charge on any atom is -0.310 e. The van der Waals surface area contributed by atoms with E-state index in [0.717, 1.165) is 12.5 Å². The summed E-state index contributed by atoms with van der Waals surface area (Å²) in [7, 11) is 0. The van der Waals surface area contributed by atoms with Crippen LogP contribution in [0.15, 0.2) is 16.8 Å². The minimum atomic E-state index is 0.368. The van der Waals surface area contributed by atoms with Gasteiger partial charge in [-0.1, -0.05) is 0 Å². The number of nitrogens with zero attached hydrogens (tertiary/aromatic N) is 1. The van der Waals surface area contributed by atoms with Gasteiger partial charge in [-0.2, -0.15) is 11.3 Å². The number of hydrogen-bond donors (Lipinski definition) is 1. The third kappa shape index (κ3) is 2.72. The van der Waals surface area contributed by atoms with Crippen LogP contribution in [0.3, 0.4) is 0 Å². The van der Waals surface area contributed by atoms with Crippen LogP contribution in [0, 0.1) is 5.92 Å². The zero-order chi connectivity index (χ0) is 11.7. The normalized spacial score (nSPS) is 31.4. The highest BCUT2D eigenvalue weighted by molar-refractivity contribution is 7.07. The zero-order valence-electron chi connectivity index (χ0n) is 10.6. The van der Waals surface area contributed by atoms with E-state index < -0.39 is 0 Å². The van der Waals surface area contributed by atoms with Crippen molar-refractivity contribution in [3.8, 4) is 0 Å². The summed E-state index contributed by atoms with van der Waals surface area (Å²) in [4.78, 5) is 2.64. The standard InChI is InChI=1S/C14H22N2S/c1-14(13-3-4-13)11-16(7-2-6-15-14)9-12-5-8-17-10-12/h5,8,10,13,15H,2-4,6-7,9,11H2,1H3. The van der Waals surface area contributed by atoms with E-state index in [1.54, 1.807) is 0 Å². The molecule has 1 N–H and O–H groups in total. The average molecular weight is 250 g/mol. The van der Waals surface area contributed by atoms with Gasteiger partial charge in [0.25, 0.3) is 0 Å². The Labute approximate surface area is 108 Å². The van der Waals surface area contributed by atoms with E-state index >= 15 is 0 Å². The van der Waals surface area contributed by atoms with Crippen LogP contribution in [-0.2, 0) is 6.54 Å². The smallest absolute Gasteiger partial charge is 0.0308 e. The second-order valence-electron chi connectivity index (χ2n) is 5.81. The molecule has 2 heterocycles. The van der Waals surface area contributed by atoms with Gasteiger partial charge in [0.15, 0.2) is 0 Å². The van der Waals surface area contributed by atoms with Crippen molar-refractivity contribution < 1.29 is 0 Å². The summed E-state index contributed by atoms with van der Waals surface area (Å²) in [6.07, 6.45) is 4.14. The summed E-state index contributed by atoms with van der Waals surface area (Å²) in [6, 6.07) is 2.26. The summed E-state index contributed by atoms with van der Waals surface area (Å²) in [5.41, 5.74) is 1.85. The lowest BCUT2D eigenvalue weighted by atomic mass is 9.95. The summed E-state index contributed by atoms with van der Waals surface area (Å²) in [6.45, 7) is 7.20. The van der Waals surface area contributed by atoms with Gasteiger partial charge in [-0.25, -0.2) is 0 Å². The minimum absolute atomic E-state index is 0.368. The van der Waals surface area contributed by atoms with Crippen molar-refractivity contribution in [2.45, 2.75) is 38.3 Å². The Balaban J connectivity index is 1.67. The van der Waals surface area contributed by atoms with Crippen LogP contribution in [0.1, 0.15) is 31.7 Å². The number of nitrogens with one attached hydrogen (secondary N) is 1. The molecule has 17 heavy (non-hydrogen) atoms. The van der Waals surface area contributed by atoms with Crippen LogP contribution < -0.4 is 5.32 Å². The zero-order valence-corrected chi connectivity index (χ0v) is 11.4. The van der Waals surface area contributed by atoms with Crippen LogP contribution in [0.4, 0.5) is 0 Å². The molecular weight excluding hydrogens is 228 g/mol. The Bertz CT molecular complexity index is 358. The largest absolute Gasteiger partial charge is 0.310 e. The van der Waals surface area contributed by atoms with E-state index in [9.17, 15) is 0 Å². The van der Waals surface area contributed by atoms with Crippen LogP contribution >= 0.6 is 11.3 Å². The Morgan fingerprint density at radius 2 is 2.41 bits per heavy atom. The van der Waals surface area contributed by atoms with Gasteiger partial charge < -0.3 is 5.32 Å². The van der Waals surface area contributed by atoms with Gasteiger partial charge in [-0.15, -0.1) is 0 Å². The fraction of sp³-hybridized carbons (Fsp3) is 0.714. The molecule has 0 radical (unpaired) electrons. The number of thiophene rings is 1. The monoisotopic (exact) mass is 250 g/mol. The highest BCUT2D eigenvalue weighted by Crippen LogP contribution is 2.40. The SMILES string of the molecule is CC1(C2CC2)CN(Cc2ccsc2)CCCN1. The molecule has 3 rings (SSSR count). The maximum Gasteiger partial charge on any atom is 0.0308 e. The molecule has 2 nitrogen and oxygen atoms in total. The van der Waals surface area contributed by atoms with Gasteiger partial charge in [0.2, 0.25) is 0 Å². The number of hydrogen-bond acceptors (Lipinski definition) is 3. The molecule has 0 spiro atoms. The lowest BCUT2D eigenvalue weighted by Crippen LogP contribution is -2.50. The van der Waals surface area contributed by atoms with Gasteiger partial charge in [0.05, 0.1) is 0 Å². The van der Waals surface area contributed by atoms with Crippen LogP contribution in [0.2, 0.25) is 0 Å². The van der Waals surface area contributed by atoms with Crippen molar-refractivity contribution in [1.82, 2.24) is 10.2 Å². The summed E-state index contributed by atoms with van der Waals surface area (Å²) >= 11 is 1.81. The molecule has 2 aliphatic rings. The van der Waals surface area contributed by atoms with Crippen molar-refractivity contribution in [3.05, 3.63) is 22.4 Å². The molecule has 1 aromatic heterocycles. The highest BCUT2D eigenvalue weighted by atomic mass is 32.1. The molecule has 0 amide bonds. The van der Waals surface area contributed by atoms with Crippen molar-refractivity contribution in [2.75, 3.05) is 19.6 Å². The van der Waals surface area contributed by atoms with Gasteiger partial charge in [-0.3, -0.25) is 4.90 Å². The lowest BCUT2D eigenvalue weighted by Gasteiger charge is -2.33. The Morgan fingerprint density at radius 1 is 1.53 bits per heavy atom. The third-order valence-electron chi connectivity index (χ3n) is 4.20. The van der Waals surface area contributed by atoms with E-state index in [2.05, 4.69) is 34.0 Å². The third-order valence-corrected chi connectivity index (χ3v) is 4.93. The second kappa shape index (κ2) is 4.71. The molecule has 94 valence electrons. The van der Waals surface area contributed by atoms with Gasteiger partial charge in [0.1, 0.15) is 0 Å². The molecule has 1 aromatic rings. The van der Waals surface area contributed by atoms with Crippen LogP contribution in [0.25, 0.3) is 0 Å². The van der Waals surface area contributed by atoms with E-state index in [4.69, 9.17) is 0 Å². The van der Waals surface area contributed by atoms with Gasteiger partial charge >= 0.3 is 0 Å². The van der Waals surface area contributed by atoms with Crippen molar-refractivity contribution in [3.63, 3.8) is 0 Å². The van der Waals surface area contributed by atoms with Crippen molar-refractivity contribution in [2.24, 2.45) is 5.92 Å². The fourth-order valence-corrected chi connectivity index (χ4v) is 3.71.